The third-order valence-corrected chi connectivity index (χ3v) is 3.41. The zero-order chi connectivity index (χ0) is 15.8. The molecule has 0 saturated heterocycles. The lowest BCUT2D eigenvalue weighted by Gasteiger charge is -2.27. The zero-order valence-corrected chi connectivity index (χ0v) is 14.6. The molecule has 0 fully saturated rings. The first-order valence-electron chi connectivity index (χ1n) is 8.30. The predicted molar refractivity (Wildman–Crippen MR) is 90.8 cm³/mol. The molecule has 1 rings (SSSR count). The van der Waals surface area contributed by atoms with Gasteiger partial charge in [0.1, 0.15) is 5.82 Å². The number of aromatic nitrogens is 2. The number of nitrogens with one attached hydrogen (secondary N) is 1. The molecule has 1 heterocycles. The van der Waals surface area contributed by atoms with Crippen molar-refractivity contribution in [1.82, 2.24) is 15.3 Å². The molecule has 1 N–H and O–H groups in total. The molecule has 0 atom stereocenters. The molecule has 120 valence electrons. The van der Waals surface area contributed by atoms with E-state index in [0.29, 0.717) is 11.8 Å². The number of rotatable bonds is 9. The van der Waals surface area contributed by atoms with Gasteiger partial charge in [-0.3, -0.25) is 0 Å². The molecule has 1 aromatic heterocycles. The lowest BCUT2D eigenvalue weighted by Crippen LogP contribution is -2.30. The van der Waals surface area contributed by atoms with Crippen LogP contribution in [0.4, 0.5) is 5.69 Å². The summed E-state index contributed by atoms with van der Waals surface area (Å²) in [6.45, 7) is 17.0. The predicted octanol–water partition coefficient (Wildman–Crippen LogP) is 3.58. The van der Waals surface area contributed by atoms with Gasteiger partial charge in [-0.25, -0.2) is 9.97 Å². The summed E-state index contributed by atoms with van der Waals surface area (Å²) >= 11 is 0. The summed E-state index contributed by atoms with van der Waals surface area (Å²) in [5.41, 5.74) is 2.31. The van der Waals surface area contributed by atoms with Gasteiger partial charge < -0.3 is 10.2 Å². The first-order valence-corrected chi connectivity index (χ1v) is 8.30. The van der Waals surface area contributed by atoms with Crippen molar-refractivity contribution in [3.8, 4) is 0 Å². The van der Waals surface area contributed by atoms with Crippen molar-refractivity contribution in [2.24, 2.45) is 5.92 Å². The quantitative estimate of drug-likeness (QED) is 0.706. The Hall–Kier alpha value is -1.16. The van der Waals surface area contributed by atoms with Gasteiger partial charge in [-0.05, 0) is 25.8 Å². The monoisotopic (exact) mass is 292 g/mol. The molecular formula is C17H32N4. The van der Waals surface area contributed by atoms with E-state index >= 15 is 0 Å². The summed E-state index contributed by atoms with van der Waals surface area (Å²) in [6, 6.07) is 0. The topological polar surface area (TPSA) is 41.1 Å². The summed E-state index contributed by atoms with van der Waals surface area (Å²) in [7, 11) is 0. The van der Waals surface area contributed by atoms with Crippen LogP contribution in [0.2, 0.25) is 0 Å². The minimum Gasteiger partial charge on any atom is -0.369 e. The average Bonchev–Trinajstić information content (AvgIpc) is 2.44. The second-order valence-corrected chi connectivity index (χ2v) is 6.32. The Bertz CT molecular complexity index is 415. The number of nitrogens with zero attached hydrogens (tertiary/aromatic N) is 3. The van der Waals surface area contributed by atoms with Crippen molar-refractivity contribution < 1.29 is 0 Å². The van der Waals surface area contributed by atoms with Crippen LogP contribution in [0.3, 0.4) is 0 Å². The summed E-state index contributed by atoms with van der Waals surface area (Å²) in [5, 5.41) is 3.47. The fourth-order valence-corrected chi connectivity index (χ4v) is 2.32. The molecule has 0 aliphatic carbocycles. The zero-order valence-electron chi connectivity index (χ0n) is 14.6. The van der Waals surface area contributed by atoms with Crippen molar-refractivity contribution in [2.45, 2.75) is 60.4 Å². The third kappa shape index (κ3) is 5.62. The van der Waals surface area contributed by atoms with Gasteiger partial charge in [0.15, 0.2) is 0 Å². The first-order chi connectivity index (χ1) is 9.99. The maximum Gasteiger partial charge on any atom is 0.131 e. The van der Waals surface area contributed by atoms with Crippen LogP contribution in [0.1, 0.15) is 65.4 Å². The highest BCUT2D eigenvalue weighted by atomic mass is 15.2. The molecule has 0 aromatic carbocycles. The van der Waals surface area contributed by atoms with Gasteiger partial charge in [-0.15, -0.1) is 0 Å². The largest absolute Gasteiger partial charge is 0.369 e. The highest BCUT2D eigenvalue weighted by Gasteiger charge is 2.15. The number of hydrogen-bond acceptors (Lipinski definition) is 4. The van der Waals surface area contributed by atoms with Crippen LogP contribution in [0, 0.1) is 5.92 Å². The summed E-state index contributed by atoms with van der Waals surface area (Å²) in [4.78, 5) is 11.8. The number of anilines is 1. The molecule has 0 spiro atoms. The molecule has 1 aromatic rings. The highest BCUT2D eigenvalue weighted by Crippen LogP contribution is 2.21. The van der Waals surface area contributed by atoms with Crippen LogP contribution in [-0.4, -0.2) is 29.6 Å². The van der Waals surface area contributed by atoms with Gasteiger partial charge in [0.05, 0.1) is 17.6 Å². The Labute approximate surface area is 130 Å². The lowest BCUT2D eigenvalue weighted by atomic mass is 10.1. The van der Waals surface area contributed by atoms with Gasteiger partial charge in [-0.2, -0.15) is 0 Å². The average molecular weight is 292 g/mol. The van der Waals surface area contributed by atoms with Crippen molar-refractivity contribution in [1.29, 1.82) is 0 Å². The van der Waals surface area contributed by atoms with E-state index in [-0.39, 0.29) is 0 Å². The summed E-state index contributed by atoms with van der Waals surface area (Å²) < 4.78 is 0. The smallest absolute Gasteiger partial charge is 0.131 e. The van der Waals surface area contributed by atoms with Crippen molar-refractivity contribution in [2.75, 3.05) is 24.5 Å². The molecule has 21 heavy (non-hydrogen) atoms. The molecular weight excluding hydrogens is 260 g/mol. The molecule has 0 bridgehead atoms. The van der Waals surface area contributed by atoms with Crippen LogP contribution in [-0.2, 0) is 6.54 Å². The highest BCUT2D eigenvalue weighted by molar-refractivity contribution is 5.49. The Morgan fingerprint density at radius 1 is 1.19 bits per heavy atom. The Balaban J connectivity index is 3.03. The van der Waals surface area contributed by atoms with E-state index in [1.807, 2.05) is 6.20 Å². The third-order valence-electron chi connectivity index (χ3n) is 3.41. The van der Waals surface area contributed by atoms with E-state index in [1.165, 1.54) is 5.69 Å². The fourth-order valence-electron chi connectivity index (χ4n) is 2.32. The second-order valence-electron chi connectivity index (χ2n) is 6.32. The van der Waals surface area contributed by atoms with E-state index in [1.54, 1.807) is 0 Å². The fraction of sp³-hybridized carbons (Fsp3) is 0.765. The van der Waals surface area contributed by atoms with E-state index in [0.717, 1.165) is 44.1 Å². The maximum atomic E-state index is 4.80. The SMILES string of the molecule is CCCNCc1nc(C(C)C)ncc1N(CC)CC(C)C. The Morgan fingerprint density at radius 2 is 1.90 bits per heavy atom. The minimum absolute atomic E-state index is 0.365. The molecule has 4 heteroatoms. The molecule has 0 amide bonds. The van der Waals surface area contributed by atoms with Crippen LogP contribution >= 0.6 is 0 Å². The first kappa shape index (κ1) is 17.9. The Morgan fingerprint density at radius 3 is 2.43 bits per heavy atom. The van der Waals surface area contributed by atoms with E-state index in [9.17, 15) is 0 Å². The van der Waals surface area contributed by atoms with Gasteiger partial charge in [0.2, 0.25) is 0 Å². The normalized spacial score (nSPS) is 11.4. The summed E-state index contributed by atoms with van der Waals surface area (Å²) in [5.74, 6) is 1.93. The van der Waals surface area contributed by atoms with Crippen LogP contribution in [0.15, 0.2) is 6.20 Å². The van der Waals surface area contributed by atoms with E-state index < -0.39 is 0 Å². The number of hydrogen-bond donors (Lipinski definition) is 1. The Kier molecular flexibility index (Phi) is 7.65. The molecule has 0 radical (unpaired) electrons. The van der Waals surface area contributed by atoms with Gasteiger partial charge in [0, 0.05) is 25.6 Å². The molecule has 0 aliphatic heterocycles. The minimum atomic E-state index is 0.365. The lowest BCUT2D eigenvalue weighted by molar-refractivity contribution is 0.605. The standard InChI is InChI=1S/C17H32N4/c1-7-9-18-10-15-16(21(8-2)12-13(3)4)11-19-17(20-15)14(5)6/h11,13-14,18H,7-10,12H2,1-6H3. The maximum absolute atomic E-state index is 4.80. The van der Waals surface area contributed by atoms with Gasteiger partial charge in [-0.1, -0.05) is 34.6 Å². The molecule has 0 saturated carbocycles. The van der Waals surface area contributed by atoms with Crippen molar-refractivity contribution in [3.05, 3.63) is 17.7 Å². The van der Waals surface area contributed by atoms with Gasteiger partial charge in [0.25, 0.3) is 0 Å². The summed E-state index contributed by atoms with van der Waals surface area (Å²) in [6.07, 6.45) is 3.15. The molecule has 0 unspecified atom stereocenters. The van der Waals surface area contributed by atoms with Crippen molar-refractivity contribution in [3.63, 3.8) is 0 Å². The van der Waals surface area contributed by atoms with E-state index in [4.69, 9.17) is 4.98 Å². The van der Waals surface area contributed by atoms with Crippen LogP contribution in [0.5, 0.6) is 0 Å². The van der Waals surface area contributed by atoms with Crippen LogP contribution in [0.25, 0.3) is 0 Å². The van der Waals surface area contributed by atoms with Crippen molar-refractivity contribution >= 4 is 5.69 Å². The van der Waals surface area contributed by atoms with Crippen LogP contribution < -0.4 is 10.2 Å². The van der Waals surface area contributed by atoms with E-state index in [2.05, 4.69) is 56.7 Å². The van der Waals surface area contributed by atoms with Gasteiger partial charge >= 0.3 is 0 Å². The molecule has 4 nitrogen and oxygen atoms in total. The second kappa shape index (κ2) is 8.98. The molecule has 0 aliphatic rings.